The highest BCUT2D eigenvalue weighted by Crippen LogP contribution is 2.20. The number of hydrogen-bond acceptors (Lipinski definition) is 7. The topological polar surface area (TPSA) is 130 Å². The maximum atomic E-state index is 12.0. The third-order valence-electron chi connectivity index (χ3n) is 3.13. The summed E-state index contributed by atoms with van der Waals surface area (Å²) >= 11 is 0. The number of rotatable bonds is 5. The number of carbonyl (C=O) groups excluding carboxylic acids is 1. The predicted octanol–water partition coefficient (Wildman–Crippen LogP) is -1.58. The van der Waals surface area contributed by atoms with Gasteiger partial charge in [0.25, 0.3) is 10.2 Å². The zero-order valence-corrected chi connectivity index (χ0v) is 11.8. The zero-order chi connectivity index (χ0) is 14.6. The number of esters is 1. The van der Waals surface area contributed by atoms with Crippen LogP contribution in [0.2, 0.25) is 0 Å². The number of methoxy groups -OCH3 is 1. The largest absolute Gasteiger partial charge is 0.469 e. The van der Waals surface area contributed by atoms with Crippen LogP contribution in [0.15, 0.2) is 0 Å². The summed E-state index contributed by atoms with van der Waals surface area (Å²) in [6, 6.07) is 0. The molecule has 112 valence electrons. The average molecular weight is 304 g/mol. The van der Waals surface area contributed by atoms with Gasteiger partial charge in [-0.3, -0.25) is 4.79 Å². The van der Waals surface area contributed by atoms with Crippen LogP contribution in [0.25, 0.3) is 0 Å². The van der Waals surface area contributed by atoms with Gasteiger partial charge in [0.1, 0.15) is 0 Å². The molecule has 11 heteroatoms. The maximum absolute atomic E-state index is 12.0. The van der Waals surface area contributed by atoms with Crippen molar-refractivity contribution in [1.29, 1.82) is 0 Å². The van der Waals surface area contributed by atoms with E-state index >= 15 is 0 Å². The van der Waals surface area contributed by atoms with Crippen molar-refractivity contribution in [2.24, 2.45) is 5.92 Å². The van der Waals surface area contributed by atoms with Crippen LogP contribution in [0.4, 0.5) is 0 Å². The Morgan fingerprint density at radius 2 is 2.20 bits per heavy atom. The minimum Gasteiger partial charge on any atom is -0.469 e. The summed E-state index contributed by atoms with van der Waals surface area (Å²) in [6.45, 7) is 0.526. The van der Waals surface area contributed by atoms with Crippen molar-refractivity contribution in [3.8, 4) is 0 Å². The van der Waals surface area contributed by atoms with Gasteiger partial charge in [0, 0.05) is 13.1 Å². The number of carbonyl (C=O) groups is 1. The lowest BCUT2D eigenvalue weighted by molar-refractivity contribution is -0.146. The van der Waals surface area contributed by atoms with Crippen molar-refractivity contribution < 1.29 is 17.9 Å². The average Bonchev–Trinajstić information content (AvgIpc) is 2.98. The summed E-state index contributed by atoms with van der Waals surface area (Å²) in [7, 11) is -2.27. The van der Waals surface area contributed by atoms with Crippen LogP contribution in [0.3, 0.4) is 0 Å². The number of ether oxygens (including phenoxy) is 1. The number of aromatic amines is 1. The van der Waals surface area contributed by atoms with Crippen LogP contribution in [0.5, 0.6) is 0 Å². The molecule has 0 aliphatic carbocycles. The van der Waals surface area contributed by atoms with Crippen LogP contribution in [0.1, 0.15) is 18.7 Å². The Kier molecular flexibility index (Phi) is 4.62. The Hall–Kier alpha value is -1.59. The second kappa shape index (κ2) is 6.24. The molecule has 1 saturated heterocycles. The molecule has 0 unspecified atom stereocenters. The zero-order valence-electron chi connectivity index (χ0n) is 10.9. The van der Waals surface area contributed by atoms with E-state index in [1.807, 2.05) is 0 Å². The lowest BCUT2D eigenvalue weighted by Gasteiger charge is -2.29. The Morgan fingerprint density at radius 3 is 2.75 bits per heavy atom. The van der Waals surface area contributed by atoms with Gasteiger partial charge in [-0.25, -0.2) is 0 Å². The van der Waals surface area contributed by atoms with Gasteiger partial charge in [-0.05, 0) is 12.8 Å². The molecular formula is C9H16N6O4S. The summed E-state index contributed by atoms with van der Waals surface area (Å²) in [4.78, 5) is 11.4. The van der Waals surface area contributed by atoms with Gasteiger partial charge in [-0.2, -0.15) is 22.7 Å². The van der Waals surface area contributed by atoms with E-state index in [0.29, 0.717) is 12.8 Å². The van der Waals surface area contributed by atoms with E-state index in [4.69, 9.17) is 0 Å². The number of nitrogens with zero attached hydrogens (tertiary/aromatic N) is 4. The minimum atomic E-state index is -3.61. The summed E-state index contributed by atoms with van der Waals surface area (Å²) in [5.74, 6) is -0.261. The number of nitrogens with one attached hydrogen (secondary N) is 2. The normalized spacial score (nSPS) is 18.1. The van der Waals surface area contributed by atoms with Crippen LogP contribution in [-0.4, -0.2) is 59.5 Å². The van der Waals surface area contributed by atoms with E-state index in [1.54, 1.807) is 0 Å². The first-order chi connectivity index (χ1) is 9.53. The molecule has 2 N–H and O–H groups in total. The molecule has 20 heavy (non-hydrogen) atoms. The van der Waals surface area contributed by atoms with Gasteiger partial charge in [-0.1, -0.05) is 5.21 Å². The molecule has 1 aromatic rings. The molecule has 0 atom stereocenters. The van der Waals surface area contributed by atoms with Crippen LogP contribution in [-0.2, 0) is 26.3 Å². The molecule has 10 nitrogen and oxygen atoms in total. The molecule has 1 aliphatic rings. The van der Waals surface area contributed by atoms with Crippen molar-refractivity contribution in [2.45, 2.75) is 19.4 Å². The van der Waals surface area contributed by atoms with Crippen LogP contribution in [0, 0.1) is 5.92 Å². The molecule has 2 heterocycles. The van der Waals surface area contributed by atoms with Gasteiger partial charge in [0.2, 0.25) is 0 Å². The van der Waals surface area contributed by atoms with Gasteiger partial charge in [0.15, 0.2) is 5.82 Å². The monoisotopic (exact) mass is 304 g/mol. The molecule has 0 amide bonds. The lowest BCUT2D eigenvalue weighted by atomic mass is 9.99. The Labute approximate surface area is 116 Å². The van der Waals surface area contributed by atoms with E-state index in [-0.39, 0.29) is 37.3 Å². The summed E-state index contributed by atoms with van der Waals surface area (Å²) < 4.78 is 32.4. The second-order valence-corrected chi connectivity index (χ2v) is 6.11. The van der Waals surface area contributed by atoms with Crippen LogP contribution < -0.4 is 4.72 Å². The smallest absolute Gasteiger partial charge is 0.308 e. The maximum Gasteiger partial charge on any atom is 0.308 e. The van der Waals surface area contributed by atoms with E-state index in [1.165, 1.54) is 11.4 Å². The van der Waals surface area contributed by atoms with Crippen molar-refractivity contribution in [3.05, 3.63) is 5.82 Å². The Balaban J connectivity index is 1.87. The summed E-state index contributed by atoms with van der Waals surface area (Å²) in [5, 5.41) is 12.9. The molecule has 0 aromatic carbocycles. The van der Waals surface area contributed by atoms with E-state index in [2.05, 4.69) is 30.1 Å². The third-order valence-corrected chi connectivity index (χ3v) is 4.68. The predicted molar refractivity (Wildman–Crippen MR) is 66.3 cm³/mol. The number of hydrogen-bond donors (Lipinski definition) is 2. The fourth-order valence-electron chi connectivity index (χ4n) is 2.00. The second-order valence-electron chi connectivity index (χ2n) is 4.35. The van der Waals surface area contributed by atoms with Crippen molar-refractivity contribution >= 4 is 16.2 Å². The fraction of sp³-hybridized carbons (Fsp3) is 0.778. The fourth-order valence-corrected chi connectivity index (χ4v) is 3.19. The van der Waals surface area contributed by atoms with E-state index in [9.17, 15) is 13.2 Å². The summed E-state index contributed by atoms with van der Waals surface area (Å²) in [5.41, 5.74) is 0. The number of piperidine rings is 1. The molecule has 1 aliphatic heterocycles. The highest BCUT2D eigenvalue weighted by atomic mass is 32.2. The minimum absolute atomic E-state index is 0.0320. The van der Waals surface area contributed by atoms with Gasteiger partial charge in [-0.15, -0.1) is 10.2 Å². The molecule has 0 saturated carbocycles. The van der Waals surface area contributed by atoms with Gasteiger partial charge < -0.3 is 4.74 Å². The summed E-state index contributed by atoms with van der Waals surface area (Å²) in [6.07, 6.45) is 0.908. The molecule has 0 radical (unpaired) electrons. The first kappa shape index (κ1) is 14.8. The van der Waals surface area contributed by atoms with E-state index in [0.717, 1.165) is 0 Å². The van der Waals surface area contributed by atoms with Gasteiger partial charge in [0.05, 0.1) is 19.6 Å². The van der Waals surface area contributed by atoms with E-state index < -0.39 is 10.2 Å². The quantitative estimate of drug-likeness (QED) is 0.628. The molecule has 1 aromatic heterocycles. The molecule has 0 spiro atoms. The highest BCUT2D eigenvalue weighted by Gasteiger charge is 2.31. The molecule has 1 fully saturated rings. The Morgan fingerprint density at radius 1 is 1.50 bits per heavy atom. The van der Waals surface area contributed by atoms with Crippen LogP contribution >= 0.6 is 0 Å². The van der Waals surface area contributed by atoms with Crippen molar-refractivity contribution in [1.82, 2.24) is 29.7 Å². The molecular weight excluding hydrogens is 288 g/mol. The standard InChI is InChI=1S/C9H16N6O4S/c1-19-9(16)7-2-4-15(5-3-7)20(17,18)10-6-8-11-13-14-12-8/h7,10H,2-6H2,1H3,(H,11,12,13,14). The van der Waals surface area contributed by atoms with Gasteiger partial charge >= 0.3 is 5.97 Å². The SMILES string of the molecule is COC(=O)C1CCN(S(=O)(=O)NCc2nn[nH]n2)CC1. The number of H-pyrrole nitrogens is 1. The molecule has 0 bridgehead atoms. The third kappa shape index (κ3) is 3.49. The Bertz CT molecular complexity index is 537. The first-order valence-corrected chi connectivity index (χ1v) is 7.52. The first-order valence-electron chi connectivity index (χ1n) is 6.08. The van der Waals surface area contributed by atoms with Crippen molar-refractivity contribution in [2.75, 3.05) is 20.2 Å². The number of tetrazole rings is 1. The van der Waals surface area contributed by atoms with Crippen molar-refractivity contribution in [3.63, 3.8) is 0 Å². The highest BCUT2D eigenvalue weighted by molar-refractivity contribution is 7.87. The molecule has 2 rings (SSSR count). The lowest BCUT2D eigenvalue weighted by Crippen LogP contribution is -2.45. The number of aromatic nitrogens is 4.